The molecule has 0 aliphatic carbocycles. The molecule has 1 unspecified atom stereocenters. The zero-order valence-corrected chi connectivity index (χ0v) is 11.5. The van der Waals surface area contributed by atoms with E-state index in [4.69, 9.17) is 4.74 Å². The van der Waals surface area contributed by atoms with Gasteiger partial charge in [-0.1, -0.05) is 30.3 Å². The molecule has 0 aromatic heterocycles. The van der Waals surface area contributed by atoms with Gasteiger partial charge in [-0.3, -0.25) is 4.79 Å². The van der Waals surface area contributed by atoms with Crippen LogP contribution in [0.1, 0.15) is 18.4 Å². The van der Waals surface area contributed by atoms with Crippen LogP contribution in [-0.4, -0.2) is 47.7 Å². The minimum absolute atomic E-state index is 0.245. The summed E-state index contributed by atoms with van der Waals surface area (Å²) in [6.07, 6.45) is 1.32. The van der Waals surface area contributed by atoms with E-state index in [-0.39, 0.29) is 5.91 Å². The number of benzene rings is 1. The van der Waals surface area contributed by atoms with E-state index in [9.17, 15) is 14.7 Å². The Morgan fingerprint density at radius 3 is 2.65 bits per heavy atom. The molecule has 5 nitrogen and oxygen atoms in total. The van der Waals surface area contributed by atoms with Crippen molar-refractivity contribution in [2.45, 2.75) is 31.4 Å². The summed E-state index contributed by atoms with van der Waals surface area (Å²) in [6, 6.07) is 8.45. The van der Waals surface area contributed by atoms with Crippen molar-refractivity contribution in [3.8, 4) is 0 Å². The van der Waals surface area contributed by atoms with Crippen molar-refractivity contribution in [1.82, 2.24) is 4.90 Å². The van der Waals surface area contributed by atoms with Gasteiger partial charge in [0.2, 0.25) is 0 Å². The summed E-state index contributed by atoms with van der Waals surface area (Å²) in [5, 5.41) is 9.36. The Balaban J connectivity index is 2.07. The lowest BCUT2D eigenvalue weighted by molar-refractivity contribution is -0.153. The van der Waals surface area contributed by atoms with Crippen molar-refractivity contribution in [1.29, 1.82) is 0 Å². The van der Waals surface area contributed by atoms with Gasteiger partial charge in [-0.15, -0.1) is 0 Å². The molecule has 2 atom stereocenters. The van der Waals surface area contributed by atoms with Crippen LogP contribution in [0.3, 0.4) is 0 Å². The molecule has 1 aromatic carbocycles. The van der Waals surface area contributed by atoms with Gasteiger partial charge in [-0.05, 0) is 18.4 Å². The lowest BCUT2D eigenvalue weighted by atomic mass is 10.0. The van der Waals surface area contributed by atoms with Crippen molar-refractivity contribution >= 4 is 11.9 Å². The van der Waals surface area contributed by atoms with Crippen molar-refractivity contribution < 1.29 is 19.4 Å². The highest BCUT2D eigenvalue weighted by molar-refractivity contribution is 5.86. The Morgan fingerprint density at radius 1 is 1.40 bits per heavy atom. The van der Waals surface area contributed by atoms with Crippen LogP contribution in [0.5, 0.6) is 0 Å². The topological polar surface area (TPSA) is 66.8 Å². The molecule has 1 heterocycles. The van der Waals surface area contributed by atoms with E-state index >= 15 is 0 Å². The zero-order valence-electron chi connectivity index (χ0n) is 11.5. The van der Waals surface area contributed by atoms with Crippen molar-refractivity contribution in [2.24, 2.45) is 0 Å². The maximum Gasteiger partial charge on any atom is 0.326 e. The Kier molecular flexibility index (Phi) is 4.74. The molecular formula is C15H19NO4. The summed E-state index contributed by atoms with van der Waals surface area (Å²) < 4.78 is 5.33. The SMILES string of the molecule is CN(C(=O)[C@@H]1CCCO1)C(Cc1ccccc1)C(=O)O. The summed E-state index contributed by atoms with van der Waals surface area (Å²) in [5.74, 6) is -1.24. The molecule has 108 valence electrons. The van der Waals surface area contributed by atoms with E-state index in [0.717, 1.165) is 12.0 Å². The van der Waals surface area contributed by atoms with Crippen LogP contribution in [0.2, 0.25) is 0 Å². The predicted octanol–water partition coefficient (Wildman–Crippen LogP) is 1.32. The molecule has 1 fully saturated rings. The fourth-order valence-electron chi connectivity index (χ4n) is 2.38. The maximum absolute atomic E-state index is 12.2. The maximum atomic E-state index is 12.2. The van der Waals surface area contributed by atoms with Crippen LogP contribution in [0.4, 0.5) is 0 Å². The number of hydrogen-bond donors (Lipinski definition) is 1. The second-order valence-electron chi connectivity index (χ2n) is 4.99. The second kappa shape index (κ2) is 6.52. The fraction of sp³-hybridized carbons (Fsp3) is 0.467. The van der Waals surface area contributed by atoms with Gasteiger partial charge in [-0.2, -0.15) is 0 Å². The smallest absolute Gasteiger partial charge is 0.326 e. The lowest BCUT2D eigenvalue weighted by Crippen LogP contribution is -2.47. The first-order valence-corrected chi connectivity index (χ1v) is 6.74. The Hall–Kier alpha value is -1.88. The first-order valence-electron chi connectivity index (χ1n) is 6.74. The van der Waals surface area contributed by atoms with Gasteiger partial charge in [0.05, 0.1) is 0 Å². The standard InChI is InChI=1S/C15H19NO4/c1-16(14(17)13-8-5-9-20-13)12(15(18)19)10-11-6-3-2-4-7-11/h2-4,6-7,12-13H,5,8-10H2,1H3,(H,18,19)/t12?,13-/m0/s1. The van der Waals surface area contributed by atoms with Crippen LogP contribution in [0.15, 0.2) is 30.3 Å². The van der Waals surface area contributed by atoms with Gasteiger partial charge < -0.3 is 14.7 Å². The highest BCUT2D eigenvalue weighted by Gasteiger charge is 2.33. The third-order valence-corrected chi connectivity index (χ3v) is 3.58. The minimum atomic E-state index is -0.997. The Morgan fingerprint density at radius 2 is 2.10 bits per heavy atom. The molecule has 1 amide bonds. The number of nitrogens with zero attached hydrogens (tertiary/aromatic N) is 1. The molecule has 5 heteroatoms. The number of amides is 1. The van der Waals surface area contributed by atoms with Gasteiger partial charge in [0.15, 0.2) is 0 Å². The summed E-state index contributed by atoms with van der Waals surface area (Å²) in [6.45, 7) is 0.570. The Labute approximate surface area is 118 Å². The van der Waals surface area contributed by atoms with Crippen molar-refractivity contribution in [3.05, 3.63) is 35.9 Å². The number of carboxylic acids is 1. The van der Waals surface area contributed by atoms with Gasteiger partial charge in [0.25, 0.3) is 5.91 Å². The summed E-state index contributed by atoms with van der Waals surface area (Å²) in [7, 11) is 1.53. The number of hydrogen-bond acceptors (Lipinski definition) is 3. The highest BCUT2D eigenvalue weighted by atomic mass is 16.5. The molecule has 1 aliphatic rings. The second-order valence-corrected chi connectivity index (χ2v) is 4.99. The molecule has 0 bridgehead atoms. The van der Waals surface area contributed by atoms with E-state index in [1.807, 2.05) is 30.3 Å². The van der Waals surface area contributed by atoms with Crippen LogP contribution in [-0.2, 0) is 20.7 Å². The average Bonchev–Trinajstić information content (AvgIpc) is 2.98. The summed E-state index contributed by atoms with van der Waals surface area (Å²) in [5.41, 5.74) is 0.895. The van der Waals surface area contributed by atoms with E-state index in [1.54, 1.807) is 0 Å². The van der Waals surface area contributed by atoms with Crippen molar-refractivity contribution in [2.75, 3.05) is 13.7 Å². The Bertz CT molecular complexity index is 468. The molecule has 1 aromatic rings. The third kappa shape index (κ3) is 3.36. The van der Waals surface area contributed by atoms with E-state index < -0.39 is 18.1 Å². The molecule has 0 radical (unpaired) electrons. The number of likely N-dealkylation sites (N-methyl/N-ethyl adjacent to an activating group) is 1. The normalized spacial score (nSPS) is 19.6. The average molecular weight is 277 g/mol. The molecule has 1 N–H and O–H groups in total. The number of aliphatic carboxylic acids is 1. The van der Waals surface area contributed by atoms with E-state index in [1.165, 1.54) is 11.9 Å². The predicted molar refractivity (Wildman–Crippen MR) is 73.3 cm³/mol. The van der Waals surface area contributed by atoms with Crippen LogP contribution in [0, 0.1) is 0 Å². The first-order chi connectivity index (χ1) is 9.59. The van der Waals surface area contributed by atoms with Gasteiger partial charge in [0, 0.05) is 20.1 Å². The number of carboxylic acid groups (broad SMARTS) is 1. The van der Waals surface area contributed by atoms with Gasteiger partial charge in [-0.25, -0.2) is 4.79 Å². The molecule has 0 spiro atoms. The van der Waals surface area contributed by atoms with Crippen molar-refractivity contribution in [3.63, 3.8) is 0 Å². The quantitative estimate of drug-likeness (QED) is 0.881. The minimum Gasteiger partial charge on any atom is -0.480 e. The molecule has 0 saturated carbocycles. The summed E-state index contributed by atoms with van der Waals surface area (Å²) >= 11 is 0. The zero-order chi connectivity index (χ0) is 14.5. The van der Waals surface area contributed by atoms with E-state index in [0.29, 0.717) is 19.4 Å². The molecule has 1 aliphatic heterocycles. The molecule has 1 saturated heterocycles. The largest absolute Gasteiger partial charge is 0.480 e. The summed E-state index contributed by atoms with van der Waals surface area (Å²) in [4.78, 5) is 24.9. The third-order valence-electron chi connectivity index (χ3n) is 3.58. The molecule has 2 rings (SSSR count). The number of carbonyl (C=O) groups is 2. The van der Waals surface area contributed by atoms with E-state index in [2.05, 4.69) is 0 Å². The van der Waals surface area contributed by atoms with Gasteiger partial charge >= 0.3 is 5.97 Å². The number of rotatable bonds is 5. The van der Waals surface area contributed by atoms with Crippen LogP contribution in [0.25, 0.3) is 0 Å². The first kappa shape index (κ1) is 14.5. The fourth-order valence-corrected chi connectivity index (χ4v) is 2.38. The number of ether oxygens (including phenoxy) is 1. The van der Waals surface area contributed by atoms with Crippen LogP contribution < -0.4 is 0 Å². The highest BCUT2D eigenvalue weighted by Crippen LogP contribution is 2.17. The molecular weight excluding hydrogens is 258 g/mol. The lowest BCUT2D eigenvalue weighted by Gasteiger charge is -2.27. The van der Waals surface area contributed by atoms with Crippen LogP contribution >= 0.6 is 0 Å². The molecule has 20 heavy (non-hydrogen) atoms. The van der Waals surface area contributed by atoms with Gasteiger partial charge in [0.1, 0.15) is 12.1 Å². The number of carbonyl (C=O) groups excluding carboxylic acids is 1. The monoisotopic (exact) mass is 277 g/mol.